The summed E-state index contributed by atoms with van der Waals surface area (Å²) in [5.41, 5.74) is 21.7. The molecular formula is C68H48N2O. The van der Waals surface area contributed by atoms with Crippen molar-refractivity contribution >= 4 is 27.7 Å². The summed E-state index contributed by atoms with van der Waals surface area (Å²) in [6.45, 7) is 0.332. The highest BCUT2D eigenvalue weighted by atomic mass is 16.5. The first-order valence-corrected chi connectivity index (χ1v) is 24.2. The molecule has 11 aromatic carbocycles. The van der Waals surface area contributed by atoms with E-state index < -0.39 is 0 Å². The van der Waals surface area contributed by atoms with Gasteiger partial charge in [0.1, 0.15) is 6.61 Å². The number of nitrogens with one attached hydrogen (secondary N) is 1. The predicted molar refractivity (Wildman–Crippen MR) is 297 cm³/mol. The molecule has 0 saturated carbocycles. The maximum Gasteiger partial charge on any atom is 0.213 e. The summed E-state index contributed by atoms with van der Waals surface area (Å²) in [5.74, 6) is 0.172. The fourth-order valence-corrected chi connectivity index (χ4v) is 9.97. The molecule has 0 atom stereocenters. The fraction of sp³-hybridized carbons (Fsp3) is 0.0147. The summed E-state index contributed by atoms with van der Waals surface area (Å²) in [7, 11) is 0. The van der Waals surface area contributed by atoms with Crippen molar-refractivity contribution in [1.82, 2.24) is 4.57 Å². The molecule has 3 nitrogen and oxygen atoms in total. The van der Waals surface area contributed by atoms with E-state index in [-0.39, 0.29) is 5.90 Å². The molecule has 12 rings (SSSR count). The van der Waals surface area contributed by atoms with E-state index in [9.17, 15) is 0 Å². The molecule has 71 heavy (non-hydrogen) atoms. The second kappa shape index (κ2) is 19.0. The number of hydrogen-bond donors (Lipinski definition) is 1. The monoisotopic (exact) mass is 908 g/mol. The maximum absolute atomic E-state index is 8.38. The van der Waals surface area contributed by atoms with Crippen LogP contribution in [0.15, 0.2) is 273 Å². The number of hydrogen-bond acceptors (Lipinski definition) is 2. The molecule has 0 aliphatic heterocycles. The van der Waals surface area contributed by atoms with Crippen LogP contribution in [-0.4, -0.2) is 10.5 Å². The van der Waals surface area contributed by atoms with Crippen molar-refractivity contribution in [2.24, 2.45) is 0 Å². The lowest BCUT2D eigenvalue weighted by Gasteiger charge is -2.16. The molecule has 3 heteroatoms. The third-order valence-corrected chi connectivity index (χ3v) is 13.7. The van der Waals surface area contributed by atoms with Gasteiger partial charge in [0.25, 0.3) is 0 Å². The first-order chi connectivity index (χ1) is 35.1. The van der Waals surface area contributed by atoms with E-state index in [2.05, 4.69) is 247 Å². The van der Waals surface area contributed by atoms with E-state index in [1.54, 1.807) is 0 Å². The lowest BCUT2D eigenvalue weighted by molar-refractivity contribution is 0.291. The smallest absolute Gasteiger partial charge is 0.213 e. The normalized spacial score (nSPS) is 11.2. The first-order valence-electron chi connectivity index (χ1n) is 24.2. The van der Waals surface area contributed by atoms with E-state index >= 15 is 0 Å². The second-order valence-electron chi connectivity index (χ2n) is 18.0. The zero-order valence-electron chi connectivity index (χ0n) is 39.0. The standard InChI is InChI=1S/C68H48N2O/c69-68(56-18-8-3-9-19-56)71-46-47-24-26-54(27-25-47)60-20-10-12-22-62(60)63-23-13-11-21-61(63)55-36-40-59(41-37-55)70-66-42-38-57(52-32-28-50(29-33-52)48-14-4-1-5-15-48)44-64(66)65-45-58(39-43-67(65)70)53-34-30-51(31-35-53)49-16-6-2-7-17-49/h1-45,69H,46H2. The van der Waals surface area contributed by atoms with Crippen LogP contribution in [0.4, 0.5) is 0 Å². The molecule has 12 aromatic rings. The van der Waals surface area contributed by atoms with Crippen molar-refractivity contribution < 1.29 is 4.74 Å². The van der Waals surface area contributed by atoms with Crippen LogP contribution < -0.4 is 0 Å². The third kappa shape index (κ3) is 8.62. The van der Waals surface area contributed by atoms with Crippen LogP contribution in [0.3, 0.4) is 0 Å². The highest BCUT2D eigenvalue weighted by Gasteiger charge is 2.17. The molecule has 0 fully saturated rings. The average Bonchev–Trinajstić information content (AvgIpc) is 3.78. The Labute approximate surface area is 414 Å². The Morgan fingerprint density at radius 2 is 0.648 bits per heavy atom. The zero-order chi connectivity index (χ0) is 47.5. The minimum Gasteiger partial charge on any atom is -0.473 e. The van der Waals surface area contributed by atoms with Gasteiger partial charge in [-0.1, -0.05) is 224 Å². The van der Waals surface area contributed by atoms with Crippen LogP contribution in [0, 0.1) is 5.41 Å². The summed E-state index contributed by atoms with van der Waals surface area (Å²) in [5, 5.41) is 10.8. The molecule has 0 unspecified atom stereocenters. The number of fused-ring (bicyclic) bond motifs is 3. The van der Waals surface area contributed by atoms with E-state index in [1.165, 1.54) is 72.0 Å². The molecule has 1 heterocycles. The van der Waals surface area contributed by atoms with Crippen LogP contribution in [-0.2, 0) is 11.3 Å². The maximum atomic E-state index is 8.38. The quantitative estimate of drug-likeness (QED) is 0.102. The molecule has 336 valence electrons. The van der Waals surface area contributed by atoms with Crippen LogP contribution in [0.5, 0.6) is 0 Å². The number of aromatic nitrogens is 1. The number of nitrogens with zero attached hydrogens (tertiary/aromatic N) is 1. The Kier molecular flexibility index (Phi) is 11.5. The van der Waals surface area contributed by atoms with E-state index in [1.807, 2.05) is 30.3 Å². The molecule has 0 radical (unpaired) electrons. The molecule has 0 aliphatic rings. The average molecular weight is 909 g/mol. The molecule has 0 aliphatic carbocycles. The number of benzene rings is 11. The van der Waals surface area contributed by atoms with Gasteiger partial charge in [0, 0.05) is 22.0 Å². The van der Waals surface area contributed by atoms with Crippen LogP contribution in [0.25, 0.3) is 105 Å². The lowest BCUT2D eigenvalue weighted by atomic mass is 9.89. The summed E-state index contributed by atoms with van der Waals surface area (Å²) >= 11 is 0. The predicted octanol–water partition coefficient (Wildman–Crippen LogP) is 18.0. The van der Waals surface area contributed by atoms with Gasteiger partial charge < -0.3 is 9.30 Å². The third-order valence-electron chi connectivity index (χ3n) is 13.7. The van der Waals surface area contributed by atoms with Gasteiger partial charge >= 0.3 is 0 Å². The van der Waals surface area contributed by atoms with Crippen molar-refractivity contribution in [1.29, 1.82) is 5.41 Å². The minimum atomic E-state index is 0.172. The van der Waals surface area contributed by atoms with E-state index in [0.29, 0.717) is 6.61 Å². The Hall–Kier alpha value is -9.31. The SMILES string of the molecule is N=C(OCc1ccc(-c2ccccc2-c2ccccc2-c2ccc(-n3c4ccc(-c5ccc(-c6ccccc6)cc5)cc4c4cc(-c5ccc(-c6ccccc6)cc5)ccc43)cc2)cc1)c1ccccc1. The summed E-state index contributed by atoms with van der Waals surface area (Å²) in [6.07, 6.45) is 0. The van der Waals surface area contributed by atoms with Crippen molar-refractivity contribution in [3.05, 3.63) is 284 Å². The molecule has 0 bridgehead atoms. The van der Waals surface area contributed by atoms with Gasteiger partial charge in [0.15, 0.2) is 0 Å². The molecule has 1 N–H and O–H groups in total. The zero-order valence-corrected chi connectivity index (χ0v) is 39.0. The van der Waals surface area contributed by atoms with E-state index in [4.69, 9.17) is 10.1 Å². The minimum absolute atomic E-state index is 0.172. The summed E-state index contributed by atoms with van der Waals surface area (Å²) in [4.78, 5) is 0. The van der Waals surface area contributed by atoms with Crippen LogP contribution in [0.2, 0.25) is 0 Å². The summed E-state index contributed by atoms with van der Waals surface area (Å²) < 4.78 is 8.26. The van der Waals surface area contributed by atoms with Crippen molar-refractivity contribution in [3.63, 3.8) is 0 Å². The second-order valence-corrected chi connectivity index (χ2v) is 18.0. The highest BCUT2D eigenvalue weighted by molar-refractivity contribution is 6.12. The topological polar surface area (TPSA) is 38.0 Å². The van der Waals surface area contributed by atoms with Gasteiger partial charge in [-0.05, 0) is 132 Å². The molecule has 0 amide bonds. The number of rotatable bonds is 11. The van der Waals surface area contributed by atoms with Gasteiger partial charge in [0.2, 0.25) is 5.90 Å². The van der Waals surface area contributed by atoms with Crippen molar-refractivity contribution in [2.75, 3.05) is 0 Å². The molecule has 1 aromatic heterocycles. The van der Waals surface area contributed by atoms with Gasteiger partial charge in [-0.15, -0.1) is 0 Å². The molecular weight excluding hydrogens is 861 g/mol. The molecule has 0 spiro atoms. The Morgan fingerprint density at radius 3 is 1.10 bits per heavy atom. The first kappa shape index (κ1) is 43.0. The Balaban J connectivity index is 0.887. The van der Waals surface area contributed by atoms with Gasteiger partial charge in [0.05, 0.1) is 11.0 Å². The van der Waals surface area contributed by atoms with Crippen molar-refractivity contribution in [3.8, 4) is 83.6 Å². The highest BCUT2D eigenvalue weighted by Crippen LogP contribution is 2.41. The largest absolute Gasteiger partial charge is 0.473 e. The molecule has 0 saturated heterocycles. The lowest BCUT2D eigenvalue weighted by Crippen LogP contribution is -2.04. The Morgan fingerprint density at radius 1 is 0.310 bits per heavy atom. The van der Waals surface area contributed by atoms with Gasteiger partial charge in [-0.2, -0.15) is 0 Å². The summed E-state index contributed by atoms with van der Waals surface area (Å²) in [6, 6.07) is 97.3. The fourth-order valence-electron chi connectivity index (χ4n) is 9.97. The van der Waals surface area contributed by atoms with Crippen LogP contribution >= 0.6 is 0 Å². The van der Waals surface area contributed by atoms with Crippen LogP contribution in [0.1, 0.15) is 11.1 Å². The van der Waals surface area contributed by atoms with Gasteiger partial charge in [-0.25, -0.2) is 0 Å². The van der Waals surface area contributed by atoms with Crippen molar-refractivity contribution in [2.45, 2.75) is 6.61 Å². The number of ether oxygens (including phenoxy) is 1. The van der Waals surface area contributed by atoms with E-state index in [0.717, 1.165) is 44.5 Å². The Bertz CT molecular complexity index is 3680. The van der Waals surface area contributed by atoms with Gasteiger partial charge in [-0.3, -0.25) is 5.41 Å².